The summed E-state index contributed by atoms with van der Waals surface area (Å²) in [6.45, 7) is 7.04. The van der Waals surface area contributed by atoms with Crippen molar-refractivity contribution in [2.24, 2.45) is 0 Å². The fraction of sp³-hybridized carbons (Fsp3) is 0.500. The normalized spacial score (nSPS) is 11.2. The van der Waals surface area contributed by atoms with Crippen LogP contribution in [0.15, 0.2) is 12.1 Å². The average Bonchev–Trinajstić information content (AvgIpc) is 2.31. The topological polar surface area (TPSA) is 72.2 Å². The second-order valence-electron chi connectivity index (χ2n) is 5.47. The Morgan fingerprint density at radius 3 is 2.55 bits per heavy atom. The van der Waals surface area contributed by atoms with E-state index >= 15 is 0 Å². The summed E-state index contributed by atoms with van der Waals surface area (Å²) in [5, 5.41) is 13.5. The highest BCUT2D eigenvalue weighted by Crippen LogP contribution is 2.22. The van der Waals surface area contributed by atoms with Crippen LogP contribution in [0.5, 0.6) is 0 Å². The number of carbonyl (C=O) groups excluding carboxylic acids is 1. The van der Waals surface area contributed by atoms with E-state index in [1.807, 2.05) is 20.8 Å². The predicted molar refractivity (Wildman–Crippen MR) is 74.2 cm³/mol. The maximum Gasteiger partial charge on any atom is 0.270 e. The van der Waals surface area contributed by atoms with E-state index in [-0.39, 0.29) is 16.8 Å². The van der Waals surface area contributed by atoms with Gasteiger partial charge >= 0.3 is 0 Å². The highest BCUT2D eigenvalue weighted by molar-refractivity contribution is 5.95. The van der Waals surface area contributed by atoms with Gasteiger partial charge in [0.25, 0.3) is 11.6 Å². The first kappa shape index (κ1) is 16.1. The predicted octanol–water partition coefficient (Wildman–Crippen LogP) is 3.35. The SMILES string of the molecule is CCCC(C)(C)NC(=O)c1cc([N+](=O)[O-])cc(C)c1F. The third-order valence-electron chi connectivity index (χ3n) is 3.02. The minimum absolute atomic E-state index is 0.0812. The Hall–Kier alpha value is -1.98. The van der Waals surface area contributed by atoms with Crippen LogP contribution >= 0.6 is 0 Å². The van der Waals surface area contributed by atoms with E-state index in [1.54, 1.807) is 0 Å². The van der Waals surface area contributed by atoms with E-state index in [0.29, 0.717) is 0 Å². The van der Waals surface area contributed by atoms with Crippen LogP contribution in [-0.4, -0.2) is 16.4 Å². The van der Waals surface area contributed by atoms with Crippen molar-refractivity contribution >= 4 is 11.6 Å². The van der Waals surface area contributed by atoms with Crippen LogP contribution in [0.25, 0.3) is 0 Å². The fourth-order valence-electron chi connectivity index (χ4n) is 2.08. The molecule has 0 bridgehead atoms. The number of amides is 1. The summed E-state index contributed by atoms with van der Waals surface area (Å²) in [4.78, 5) is 22.2. The maximum absolute atomic E-state index is 14.0. The molecule has 0 unspecified atom stereocenters. The van der Waals surface area contributed by atoms with E-state index in [1.165, 1.54) is 6.92 Å². The van der Waals surface area contributed by atoms with Crippen molar-refractivity contribution in [3.05, 3.63) is 39.2 Å². The number of carbonyl (C=O) groups is 1. The van der Waals surface area contributed by atoms with Gasteiger partial charge in [0.1, 0.15) is 5.82 Å². The summed E-state index contributed by atoms with van der Waals surface area (Å²) in [6, 6.07) is 2.09. The monoisotopic (exact) mass is 282 g/mol. The molecule has 0 radical (unpaired) electrons. The molecule has 1 N–H and O–H groups in total. The smallest absolute Gasteiger partial charge is 0.270 e. The second-order valence-corrected chi connectivity index (χ2v) is 5.47. The number of hydrogen-bond acceptors (Lipinski definition) is 3. The summed E-state index contributed by atoms with van der Waals surface area (Å²) in [7, 11) is 0. The molecule has 110 valence electrons. The second kappa shape index (κ2) is 5.98. The number of nitrogens with one attached hydrogen (secondary N) is 1. The largest absolute Gasteiger partial charge is 0.347 e. The molecule has 0 saturated heterocycles. The van der Waals surface area contributed by atoms with Gasteiger partial charge < -0.3 is 5.32 Å². The van der Waals surface area contributed by atoms with Gasteiger partial charge in [0.15, 0.2) is 0 Å². The number of non-ortho nitro benzene ring substituents is 1. The van der Waals surface area contributed by atoms with Gasteiger partial charge in [0.2, 0.25) is 0 Å². The van der Waals surface area contributed by atoms with Gasteiger partial charge in [-0.3, -0.25) is 14.9 Å². The third kappa shape index (κ3) is 3.76. The molecular formula is C14H19FN2O3. The number of hydrogen-bond donors (Lipinski definition) is 1. The van der Waals surface area contributed by atoms with Crippen molar-refractivity contribution in [2.45, 2.75) is 46.1 Å². The lowest BCUT2D eigenvalue weighted by molar-refractivity contribution is -0.385. The summed E-state index contributed by atoms with van der Waals surface area (Å²) in [5.74, 6) is -1.35. The molecule has 1 rings (SSSR count). The molecule has 0 aromatic heterocycles. The van der Waals surface area contributed by atoms with Crippen molar-refractivity contribution in [1.82, 2.24) is 5.32 Å². The molecule has 1 aromatic rings. The zero-order valence-electron chi connectivity index (χ0n) is 12.1. The van der Waals surface area contributed by atoms with Crippen molar-refractivity contribution < 1.29 is 14.1 Å². The Bertz CT molecular complexity index is 541. The molecular weight excluding hydrogens is 263 g/mol. The van der Waals surface area contributed by atoms with E-state index in [2.05, 4.69) is 5.32 Å². The van der Waals surface area contributed by atoms with Gasteiger partial charge in [-0.2, -0.15) is 0 Å². The minimum atomic E-state index is -0.722. The van der Waals surface area contributed by atoms with Gasteiger partial charge in [0.05, 0.1) is 10.5 Å². The molecule has 0 atom stereocenters. The van der Waals surface area contributed by atoms with E-state index in [4.69, 9.17) is 0 Å². The van der Waals surface area contributed by atoms with E-state index in [9.17, 15) is 19.3 Å². The Balaban J connectivity index is 3.12. The third-order valence-corrected chi connectivity index (χ3v) is 3.02. The molecule has 1 aromatic carbocycles. The van der Waals surface area contributed by atoms with Gasteiger partial charge in [0, 0.05) is 17.7 Å². The summed E-state index contributed by atoms with van der Waals surface area (Å²) in [5.41, 5.74) is -0.988. The Morgan fingerprint density at radius 2 is 2.05 bits per heavy atom. The zero-order valence-corrected chi connectivity index (χ0v) is 12.1. The van der Waals surface area contributed by atoms with E-state index in [0.717, 1.165) is 25.0 Å². The summed E-state index contributed by atoms with van der Waals surface area (Å²) in [6.07, 6.45) is 1.60. The van der Waals surface area contributed by atoms with Crippen LogP contribution in [-0.2, 0) is 0 Å². The lowest BCUT2D eigenvalue weighted by atomic mass is 9.98. The quantitative estimate of drug-likeness (QED) is 0.665. The molecule has 0 aliphatic carbocycles. The van der Waals surface area contributed by atoms with Crippen LogP contribution in [0, 0.1) is 22.9 Å². The lowest BCUT2D eigenvalue weighted by Gasteiger charge is -2.25. The Morgan fingerprint density at radius 1 is 1.45 bits per heavy atom. The first-order valence-electron chi connectivity index (χ1n) is 6.45. The van der Waals surface area contributed by atoms with Crippen LogP contribution < -0.4 is 5.32 Å². The molecule has 5 nitrogen and oxygen atoms in total. The highest BCUT2D eigenvalue weighted by Gasteiger charge is 2.24. The number of nitrogens with zero attached hydrogens (tertiary/aromatic N) is 1. The molecule has 0 heterocycles. The van der Waals surface area contributed by atoms with Crippen molar-refractivity contribution in [3.8, 4) is 0 Å². The van der Waals surface area contributed by atoms with Crippen LogP contribution in [0.1, 0.15) is 49.5 Å². The van der Waals surface area contributed by atoms with E-state index < -0.39 is 22.2 Å². The van der Waals surface area contributed by atoms with Gasteiger partial charge in [-0.15, -0.1) is 0 Å². The number of nitro benzene ring substituents is 1. The fourth-order valence-corrected chi connectivity index (χ4v) is 2.08. The summed E-state index contributed by atoms with van der Waals surface area (Å²) >= 11 is 0. The average molecular weight is 282 g/mol. The van der Waals surface area contributed by atoms with Crippen LogP contribution in [0.4, 0.5) is 10.1 Å². The van der Waals surface area contributed by atoms with Gasteiger partial charge in [-0.25, -0.2) is 4.39 Å². The number of aryl methyl sites for hydroxylation is 1. The number of nitro groups is 1. The standard InChI is InChI=1S/C14H19FN2O3/c1-5-6-14(3,4)16-13(18)11-8-10(17(19)20)7-9(2)12(11)15/h7-8H,5-6H2,1-4H3,(H,16,18). The highest BCUT2D eigenvalue weighted by atomic mass is 19.1. The molecule has 0 aliphatic heterocycles. The molecule has 0 saturated carbocycles. The molecule has 20 heavy (non-hydrogen) atoms. The molecule has 6 heteroatoms. The van der Waals surface area contributed by atoms with Crippen LogP contribution in [0.3, 0.4) is 0 Å². The zero-order chi connectivity index (χ0) is 15.5. The Kier molecular flexibility index (Phi) is 4.81. The maximum atomic E-state index is 14.0. The number of halogens is 1. The first-order chi connectivity index (χ1) is 9.18. The molecule has 0 fully saturated rings. The first-order valence-corrected chi connectivity index (χ1v) is 6.45. The van der Waals surface area contributed by atoms with Crippen molar-refractivity contribution in [2.75, 3.05) is 0 Å². The summed E-state index contributed by atoms with van der Waals surface area (Å²) < 4.78 is 14.0. The van der Waals surface area contributed by atoms with Gasteiger partial charge in [-0.1, -0.05) is 13.3 Å². The van der Waals surface area contributed by atoms with Gasteiger partial charge in [-0.05, 0) is 32.8 Å². The Labute approximate surface area is 117 Å². The van der Waals surface area contributed by atoms with Crippen molar-refractivity contribution in [3.63, 3.8) is 0 Å². The molecule has 0 spiro atoms. The van der Waals surface area contributed by atoms with Crippen molar-refractivity contribution in [1.29, 1.82) is 0 Å². The molecule has 1 amide bonds. The van der Waals surface area contributed by atoms with Crippen LogP contribution in [0.2, 0.25) is 0 Å². The minimum Gasteiger partial charge on any atom is -0.347 e. The number of benzene rings is 1. The number of rotatable bonds is 5. The molecule has 0 aliphatic rings. The lowest BCUT2D eigenvalue weighted by Crippen LogP contribution is -2.43.